The summed E-state index contributed by atoms with van der Waals surface area (Å²) in [6, 6.07) is 35.8. The number of fused-ring (bicyclic) bond motifs is 13. The van der Waals surface area contributed by atoms with Gasteiger partial charge in [0.05, 0.1) is 33.6 Å². The zero-order valence-corrected chi connectivity index (χ0v) is 22.8. The van der Waals surface area contributed by atoms with E-state index < -0.39 is 0 Å². The third kappa shape index (κ3) is 3.15. The van der Waals surface area contributed by atoms with Crippen LogP contribution < -0.4 is 8.97 Å². The van der Waals surface area contributed by atoms with Crippen LogP contribution in [0.15, 0.2) is 97.3 Å². The molecule has 0 radical (unpaired) electrons. The molecule has 0 saturated carbocycles. The highest BCUT2D eigenvalue weighted by atomic mass is 15.1. The van der Waals surface area contributed by atoms with Crippen LogP contribution in [0.2, 0.25) is 0 Å². The van der Waals surface area contributed by atoms with Crippen LogP contribution in [-0.2, 0) is 6.42 Å². The summed E-state index contributed by atoms with van der Waals surface area (Å²) in [6.07, 6.45) is 5.10. The topological polar surface area (TPSA) is 79.3 Å². The van der Waals surface area contributed by atoms with E-state index in [1.54, 1.807) is 6.07 Å². The van der Waals surface area contributed by atoms with Crippen molar-refractivity contribution in [1.29, 1.82) is 15.8 Å². The highest BCUT2D eigenvalue weighted by Gasteiger charge is 2.54. The SMILES string of the molecule is Cc1ccc2[n+](c1)C1c3c(c4ccccc4c4ccc(-c5ccccc5)c[n+]34)CC1c1c(C#N)c(C#N)cc(C#N)c1-2. The average Bonchev–Trinajstić information content (AvgIpc) is 3.45. The number of aromatic nitrogens is 2. The van der Waals surface area contributed by atoms with Crippen molar-refractivity contribution in [3.8, 4) is 40.6 Å². The van der Waals surface area contributed by atoms with Crippen LogP contribution in [0.4, 0.5) is 0 Å². The van der Waals surface area contributed by atoms with E-state index in [4.69, 9.17) is 0 Å². The van der Waals surface area contributed by atoms with E-state index in [0.717, 1.165) is 39.0 Å². The molecule has 2 atom stereocenters. The Labute approximate surface area is 243 Å². The molecule has 5 heteroatoms. The number of rotatable bonds is 1. The Bertz CT molecular complexity index is 2280. The van der Waals surface area contributed by atoms with Crippen LogP contribution in [0, 0.1) is 40.9 Å². The van der Waals surface area contributed by atoms with Crippen LogP contribution >= 0.6 is 0 Å². The summed E-state index contributed by atoms with van der Waals surface area (Å²) in [5, 5.41) is 33.0. The standard InChI is InChI=1S/C37H23N5/c1-22-11-13-33-34-26(18-39)15-25(17-38)31(19-40)35(34)30-16-29-27-9-5-6-10-28(27)32-14-12-24(23-7-3-2-4-8-23)21-42(32)36(29)37(30)41(33)20-22/h2-15,20-21,30,37H,16H2,1H3/q+2. The van der Waals surface area contributed by atoms with E-state index in [0.29, 0.717) is 17.5 Å². The van der Waals surface area contributed by atoms with Crippen molar-refractivity contribution in [2.75, 3.05) is 0 Å². The van der Waals surface area contributed by atoms with Gasteiger partial charge >= 0.3 is 0 Å². The number of pyridine rings is 3. The molecule has 0 bridgehead atoms. The minimum atomic E-state index is -0.127. The third-order valence-electron chi connectivity index (χ3n) is 9.01. The van der Waals surface area contributed by atoms with E-state index in [1.807, 2.05) is 6.07 Å². The van der Waals surface area contributed by atoms with E-state index in [2.05, 4.69) is 119 Å². The molecule has 5 nitrogen and oxygen atoms in total. The van der Waals surface area contributed by atoms with Crippen LogP contribution in [0.1, 0.15) is 51.0 Å². The quantitative estimate of drug-likeness (QED) is 0.181. The average molecular weight is 538 g/mol. The fourth-order valence-corrected chi connectivity index (χ4v) is 7.34. The Morgan fingerprint density at radius 2 is 1.50 bits per heavy atom. The summed E-state index contributed by atoms with van der Waals surface area (Å²) in [5.74, 6) is -0.119. The Morgan fingerprint density at radius 3 is 2.26 bits per heavy atom. The minimum absolute atomic E-state index is 0.119. The third-order valence-corrected chi connectivity index (χ3v) is 9.01. The molecule has 194 valence electrons. The highest BCUT2D eigenvalue weighted by molar-refractivity contribution is 5.97. The molecule has 3 aromatic carbocycles. The van der Waals surface area contributed by atoms with Gasteiger partial charge in [-0.1, -0.05) is 48.5 Å². The molecule has 3 aromatic heterocycles. The fraction of sp³-hybridized carbons (Fsp3) is 0.108. The zero-order chi connectivity index (χ0) is 28.5. The van der Waals surface area contributed by atoms with Crippen LogP contribution in [0.25, 0.3) is 38.7 Å². The highest BCUT2D eigenvalue weighted by Crippen LogP contribution is 2.51. The van der Waals surface area contributed by atoms with E-state index >= 15 is 0 Å². The van der Waals surface area contributed by atoms with Crippen molar-refractivity contribution in [2.24, 2.45) is 0 Å². The second kappa shape index (κ2) is 8.84. The normalized spacial score (nSPS) is 16.0. The summed E-state index contributed by atoms with van der Waals surface area (Å²) in [4.78, 5) is 0. The second-order valence-electron chi connectivity index (χ2n) is 11.2. The number of nitrogens with zero attached hydrogens (tertiary/aromatic N) is 5. The molecule has 0 fully saturated rings. The molecule has 0 N–H and O–H groups in total. The Morgan fingerprint density at radius 1 is 0.738 bits per heavy atom. The summed E-state index contributed by atoms with van der Waals surface area (Å²) in [7, 11) is 0. The first kappa shape index (κ1) is 24.0. The lowest BCUT2D eigenvalue weighted by atomic mass is 9.78. The first-order valence-electron chi connectivity index (χ1n) is 14.0. The van der Waals surface area contributed by atoms with Gasteiger partial charge in [-0.3, -0.25) is 0 Å². The minimum Gasteiger partial charge on any atom is -0.192 e. The molecule has 0 spiro atoms. The van der Waals surface area contributed by atoms with Gasteiger partial charge < -0.3 is 0 Å². The number of benzene rings is 3. The maximum Gasteiger partial charge on any atom is 0.261 e. The van der Waals surface area contributed by atoms with Gasteiger partial charge in [-0.05, 0) is 54.1 Å². The van der Waals surface area contributed by atoms with Crippen molar-refractivity contribution in [2.45, 2.75) is 25.3 Å². The zero-order valence-electron chi connectivity index (χ0n) is 22.8. The molecular formula is C37H23N5+2. The largest absolute Gasteiger partial charge is 0.261 e. The molecule has 1 aliphatic heterocycles. The first-order chi connectivity index (χ1) is 20.6. The van der Waals surface area contributed by atoms with Gasteiger partial charge in [-0.2, -0.15) is 24.8 Å². The molecule has 8 rings (SSSR count). The molecule has 0 saturated heterocycles. The molecular weight excluding hydrogens is 514 g/mol. The van der Waals surface area contributed by atoms with Crippen LogP contribution in [-0.4, -0.2) is 0 Å². The predicted octanol–water partition coefficient (Wildman–Crippen LogP) is 6.37. The summed E-state index contributed by atoms with van der Waals surface area (Å²) in [6.45, 7) is 2.08. The molecule has 4 heterocycles. The number of hydrogen-bond donors (Lipinski definition) is 0. The van der Waals surface area contributed by atoms with Gasteiger partial charge in [0.15, 0.2) is 12.4 Å². The van der Waals surface area contributed by atoms with Gasteiger partial charge in [0.25, 0.3) is 5.69 Å². The first-order valence-corrected chi connectivity index (χ1v) is 14.0. The molecule has 1 aliphatic carbocycles. The Hall–Kier alpha value is -5.83. The van der Waals surface area contributed by atoms with E-state index in [9.17, 15) is 15.8 Å². The lowest BCUT2D eigenvalue weighted by molar-refractivity contribution is -0.724. The number of aryl methyl sites for hydroxylation is 1. The van der Waals surface area contributed by atoms with Crippen molar-refractivity contribution in [3.05, 3.63) is 136 Å². The lowest BCUT2D eigenvalue weighted by Crippen LogP contribution is -2.50. The lowest BCUT2D eigenvalue weighted by Gasteiger charge is -2.26. The van der Waals surface area contributed by atoms with Gasteiger partial charge in [0.2, 0.25) is 17.3 Å². The second-order valence-corrected chi connectivity index (χ2v) is 11.2. The molecule has 2 aliphatic rings. The van der Waals surface area contributed by atoms with Gasteiger partial charge in [-0.15, -0.1) is 0 Å². The molecule has 0 amide bonds. The summed E-state index contributed by atoms with van der Waals surface area (Å²) < 4.78 is 4.65. The monoisotopic (exact) mass is 537 g/mol. The maximum absolute atomic E-state index is 10.4. The van der Waals surface area contributed by atoms with Crippen molar-refractivity contribution >= 4 is 16.3 Å². The summed E-state index contributed by atoms with van der Waals surface area (Å²) >= 11 is 0. The Kier molecular flexibility index (Phi) is 5.05. The van der Waals surface area contributed by atoms with Crippen LogP contribution in [0.5, 0.6) is 0 Å². The molecule has 2 unspecified atom stereocenters. The number of hydrogen-bond acceptors (Lipinski definition) is 3. The van der Waals surface area contributed by atoms with Crippen LogP contribution in [0.3, 0.4) is 0 Å². The smallest absolute Gasteiger partial charge is 0.192 e. The van der Waals surface area contributed by atoms with Crippen molar-refractivity contribution in [1.82, 2.24) is 0 Å². The maximum atomic E-state index is 10.4. The van der Waals surface area contributed by atoms with Gasteiger partial charge in [-0.25, -0.2) is 0 Å². The van der Waals surface area contributed by atoms with Crippen molar-refractivity contribution in [3.63, 3.8) is 0 Å². The fourth-order valence-electron chi connectivity index (χ4n) is 7.34. The van der Waals surface area contributed by atoms with Crippen molar-refractivity contribution < 1.29 is 8.97 Å². The Balaban J connectivity index is 1.54. The molecule has 42 heavy (non-hydrogen) atoms. The van der Waals surface area contributed by atoms with Gasteiger partial charge in [0.1, 0.15) is 18.2 Å². The predicted molar refractivity (Wildman–Crippen MR) is 158 cm³/mol. The number of nitriles is 3. The van der Waals surface area contributed by atoms with E-state index in [-0.39, 0.29) is 17.5 Å². The molecule has 6 aromatic rings. The van der Waals surface area contributed by atoms with E-state index in [1.165, 1.54) is 22.0 Å². The van der Waals surface area contributed by atoms with Gasteiger partial charge in [0, 0.05) is 28.8 Å². The summed E-state index contributed by atoms with van der Waals surface area (Å²) in [5.41, 5.74) is 10.5.